The smallest absolute Gasteiger partial charge is 0.193 e. The predicted octanol–water partition coefficient (Wildman–Crippen LogP) is 8.22. The van der Waals surface area contributed by atoms with Crippen molar-refractivity contribution in [3.63, 3.8) is 0 Å². The third kappa shape index (κ3) is 12.2. The summed E-state index contributed by atoms with van der Waals surface area (Å²) in [5.74, 6) is 3.45. The fraction of sp³-hybridized carbons (Fsp3) is 0.552. The second kappa shape index (κ2) is 18.7. The summed E-state index contributed by atoms with van der Waals surface area (Å²) < 4.78 is 11.8. The van der Waals surface area contributed by atoms with Gasteiger partial charge < -0.3 is 9.47 Å². The van der Waals surface area contributed by atoms with E-state index in [2.05, 4.69) is 25.3 Å². The zero-order valence-electron chi connectivity index (χ0n) is 20.6. The quantitative estimate of drug-likeness (QED) is 0.109. The van der Waals surface area contributed by atoms with E-state index in [0.717, 1.165) is 35.8 Å². The molecule has 0 saturated heterocycles. The van der Waals surface area contributed by atoms with Gasteiger partial charge in [0.1, 0.15) is 11.5 Å². The molecule has 34 heavy (non-hydrogen) atoms. The zero-order valence-corrected chi connectivity index (χ0v) is 22.3. The molecule has 0 radical (unpaired) electrons. The molecular weight excluding hydrogens is 460 g/mol. The summed E-state index contributed by atoms with van der Waals surface area (Å²) >= 11 is 8.50. The molecule has 2 aromatic carbocycles. The number of carbonyl (C=O) groups is 1. The summed E-state index contributed by atoms with van der Waals surface area (Å²) in [6.07, 6.45) is 14.4. The minimum absolute atomic E-state index is 0.00993. The number of ether oxygens (including phenoxy) is 2. The van der Waals surface area contributed by atoms with Gasteiger partial charge >= 0.3 is 0 Å². The van der Waals surface area contributed by atoms with Gasteiger partial charge in [0.2, 0.25) is 0 Å². The van der Waals surface area contributed by atoms with Crippen molar-refractivity contribution in [1.29, 1.82) is 0 Å². The summed E-state index contributed by atoms with van der Waals surface area (Å²) in [4.78, 5) is 13.0. The van der Waals surface area contributed by atoms with Crippen molar-refractivity contribution < 1.29 is 14.3 Å². The molecular formula is C29H42O3S2. The van der Waals surface area contributed by atoms with Crippen LogP contribution in [0.3, 0.4) is 0 Å². The number of ketones is 1. The molecule has 2 rings (SSSR count). The molecule has 0 unspecified atom stereocenters. The zero-order chi connectivity index (χ0) is 24.3. The molecule has 0 bridgehead atoms. The maximum atomic E-state index is 13.0. The molecule has 5 heteroatoms. The molecule has 0 heterocycles. The highest BCUT2D eigenvalue weighted by molar-refractivity contribution is 7.80. The van der Waals surface area contributed by atoms with Gasteiger partial charge in [0.15, 0.2) is 5.78 Å². The molecule has 0 atom stereocenters. The van der Waals surface area contributed by atoms with E-state index in [4.69, 9.17) is 9.47 Å². The van der Waals surface area contributed by atoms with Crippen LogP contribution in [0.2, 0.25) is 0 Å². The van der Waals surface area contributed by atoms with Crippen molar-refractivity contribution in [3.8, 4) is 11.5 Å². The van der Waals surface area contributed by atoms with Crippen LogP contribution in [0.25, 0.3) is 0 Å². The Kier molecular flexibility index (Phi) is 15.8. The number of hydrogen-bond donors (Lipinski definition) is 2. The summed E-state index contributed by atoms with van der Waals surface area (Å²) in [7, 11) is 0. The van der Waals surface area contributed by atoms with Crippen LogP contribution in [-0.4, -0.2) is 30.5 Å². The molecule has 0 aliphatic heterocycles. The minimum Gasteiger partial charge on any atom is -0.494 e. The standard InChI is InChI=1S/C29H42O3S2/c30-29(25-15-13-17-27(23-25)31-19-9-5-1-3-7-11-21-33)26-16-14-18-28(24-26)32-20-10-6-2-4-8-12-22-34/h13-18,23-24,33-34H,1-12,19-22H2. The first-order valence-electron chi connectivity index (χ1n) is 13.0. The Morgan fingerprint density at radius 3 is 1.35 bits per heavy atom. The number of unbranched alkanes of at least 4 members (excludes halogenated alkanes) is 10. The van der Waals surface area contributed by atoms with Gasteiger partial charge in [-0.25, -0.2) is 0 Å². The fourth-order valence-corrected chi connectivity index (χ4v) is 4.29. The summed E-state index contributed by atoms with van der Waals surface area (Å²) in [6, 6.07) is 15.0. The normalized spacial score (nSPS) is 10.9. The lowest BCUT2D eigenvalue weighted by Gasteiger charge is -2.10. The maximum Gasteiger partial charge on any atom is 0.193 e. The van der Waals surface area contributed by atoms with Gasteiger partial charge in [-0.3, -0.25) is 4.79 Å². The fourth-order valence-electron chi connectivity index (χ4n) is 3.84. The lowest BCUT2D eigenvalue weighted by atomic mass is 10.0. The van der Waals surface area contributed by atoms with Crippen LogP contribution >= 0.6 is 25.3 Å². The van der Waals surface area contributed by atoms with E-state index in [0.29, 0.717) is 24.3 Å². The molecule has 0 N–H and O–H groups in total. The highest BCUT2D eigenvalue weighted by atomic mass is 32.1. The maximum absolute atomic E-state index is 13.0. The average Bonchev–Trinajstić information content (AvgIpc) is 2.87. The summed E-state index contributed by atoms with van der Waals surface area (Å²) in [5, 5.41) is 0. The van der Waals surface area contributed by atoms with Gasteiger partial charge in [-0.05, 0) is 61.5 Å². The topological polar surface area (TPSA) is 35.5 Å². The first-order chi connectivity index (χ1) is 16.7. The number of rotatable bonds is 20. The van der Waals surface area contributed by atoms with E-state index in [1.165, 1.54) is 64.2 Å². The van der Waals surface area contributed by atoms with Crippen LogP contribution < -0.4 is 9.47 Å². The largest absolute Gasteiger partial charge is 0.494 e. The van der Waals surface area contributed by atoms with Gasteiger partial charge in [0.25, 0.3) is 0 Å². The molecule has 0 aliphatic carbocycles. The van der Waals surface area contributed by atoms with Gasteiger partial charge in [0.05, 0.1) is 13.2 Å². The van der Waals surface area contributed by atoms with Crippen LogP contribution in [0.1, 0.15) is 93.0 Å². The van der Waals surface area contributed by atoms with Crippen LogP contribution in [0.5, 0.6) is 11.5 Å². The first kappa shape index (κ1) is 28.6. The predicted molar refractivity (Wildman–Crippen MR) is 150 cm³/mol. The molecule has 0 fully saturated rings. The third-order valence-corrected chi connectivity index (χ3v) is 6.47. The molecule has 0 aromatic heterocycles. The lowest BCUT2D eigenvalue weighted by Crippen LogP contribution is -2.04. The van der Waals surface area contributed by atoms with Crippen molar-refractivity contribution in [1.82, 2.24) is 0 Å². The van der Waals surface area contributed by atoms with Crippen molar-refractivity contribution >= 4 is 31.0 Å². The molecule has 0 aliphatic rings. The van der Waals surface area contributed by atoms with Gasteiger partial charge in [0, 0.05) is 11.1 Å². The Morgan fingerprint density at radius 2 is 0.941 bits per heavy atom. The second-order valence-corrected chi connectivity index (χ2v) is 9.67. The van der Waals surface area contributed by atoms with Crippen molar-refractivity contribution in [2.45, 2.75) is 77.0 Å². The Labute approximate surface area is 217 Å². The molecule has 0 amide bonds. The van der Waals surface area contributed by atoms with E-state index in [9.17, 15) is 4.79 Å². The van der Waals surface area contributed by atoms with E-state index < -0.39 is 0 Å². The Morgan fingerprint density at radius 1 is 0.559 bits per heavy atom. The van der Waals surface area contributed by atoms with Crippen molar-refractivity contribution in [2.24, 2.45) is 0 Å². The van der Waals surface area contributed by atoms with Gasteiger partial charge in [-0.1, -0.05) is 75.6 Å². The first-order valence-corrected chi connectivity index (χ1v) is 14.2. The second-order valence-electron chi connectivity index (χ2n) is 8.77. The third-order valence-electron chi connectivity index (χ3n) is 5.83. The number of hydrogen-bond acceptors (Lipinski definition) is 5. The highest BCUT2D eigenvalue weighted by Gasteiger charge is 2.11. The molecule has 3 nitrogen and oxygen atoms in total. The minimum atomic E-state index is -0.00993. The van der Waals surface area contributed by atoms with Crippen molar-refractivity contribution in [3.05, 3.63) is 59.7 Å². The Balaban J connectivity index is 1.74. The Hall–Kier alpha value is -1.59. The van der Waals surface area contributed by atoms with Crippen LogP contribution in [0.4, 0.5) is 0 Å². The van der Waals surface area contributed by atoms with Gasteiger partial charge in [-0.2, -0.15) is 25.3 Å². The summed E-state index contributed by atoms with van der Waals surface area (Å²) in [6.45, 7) is 1.37. The van der Waals surface area contributed by atoms with E-state index >= 15 is 0 Å². The monoisotopic (exact) mass is 502 g/mol. The molecule has 0 spiro atoms. The SMILES string of the molecule is O=C(c1cccc(OCCCCCCCCS)c1)c1cccc(OCCCCCCCCS)c1. The number of carbonyl (C=O) groups excluding carboxylic acids is 1. The lowest BCUT2D eigenvalue weighted by molar-refractivity contribution is 0.103. The number of benzene rings is 2. The van der Waals surface area contributed by atoms with E-state index in [1.54, 1.807) is 0 Å². The molecule has 188 valence electrons. The van der Waals surface area contributed by atoms with E-state index in [-0.39, 0.29) is 5.78 Å². The van der Waals surface area contributed by atoms with Gasteiger partial charge in [-0.15, -0.1) is 0 Å². The average molecular weight is 503 g/mol. The van der Waals surface area contributed by atoms with E-state index in [1.807, 2.05) is 48.5 Å². The molecule has 2 aromatic rings. The van der Waals surface area contributed by atoms with Crippen LogP contribution in [-0.2, 0) is 0 Å². The highest BCUT2D eigenvalue weighted by Crippen LogP contribution is 2.21. The van der Waals surface area contributed by atoms with Crippen molar-refractivity contribution in [2.75, 3.05) is 24.7 Å². The van der Waals surface area contributed by atoms with Crippen LogP contribution in [0.15, 0.2) is 48.5 Å². The molecule has 0 saturated carbocycles. The summed E-state index contributed by atoms with van der Waals surface area (Å²) in [5.41, 5.74) is 1.28. The Bertz CT molecular complexity index is 744. The number of thiol groups is 2. The van der Waals surface area contributed by atoms with Crippen LogP contribution in [0, 0.1) is 0 Å².